The third-order valence-electron chi connectivity index (χ3n) is 3.18. The fourth-order valence-corrected chi connectivity index (χ4v) is 1.94. The molecule has 0 spiro atoms. The minimum absolute atomic E-state index is 0.0328. The Kier molecular flexibility index (Phi) is 5.10. The highest BCUT2D eigenvalue weighted by atomic mass is 16.2. The molecule has 0 aliphatic heterocycles. The first-order chi connectivity index (χ1) is 10.2. The van der Waals surface area contributed by atoms with Crippen LogP contribution in [0.5, 0.6) is 0 Å². The first kappa shape index (κ1) is 14.8. The van der Waals surface area contributed by atoms with Crippen LogP contribution in [0.3, 0.4) is 0 Å². The molecule has 2 rings (SSSR count). The fraction of sp³-hybridized carbons (Fsp3) is 0.176. The second kappa shape index (κ2) is 7.24. The van der Waals surface area contributed by atoms with E-state index < -0.39 is 0 Å². The second-order valence-electron chi connectivity index (χ2n) is 4.66. The van der Waals surface area contributed by atoms with Crippen LogP contribution in [-0.2, 0) is 4.79 Å². The van der Waals surface area contributed by atoms with E-state index in [0.717, 1.165) is 5.69 Å². The third-order valence-corrected chi connectivity index (χ3v) is 3.18. The van der Waals surface area contributed by atoms with Crippen molar-refractivity contribution >= 4 is 17.5 Å². The molecule has 0 unspecified atom stereocenters. The number of hydrogen-bond acceptors (Lipinski definition) is 2. The molecule has 2 amide bonds. The number of rotatable bonds is 5. The molecule has 2 aromatic rings. The van der Waals surface area contributed by atoms with Crippen molar-refractivity contribution < 1.29 is 9.59 Å². The predicted molar refractivity (Wildman–Crippen MR) is 83.2 cm³/mol. The van der Waals surface area contributed by atoms with Crippen molar-refractivity contribution in [3.05, 3.63) is 66.2 Å². The van der Waals surface area contributed by atoms with Crippen LogP contribution >= 0.6 is 0 Å². The van der Waals surface area contributed by atoms with Crippen molar-refractivity contribution in [1.29, 1.82) is 0 Å². The van der Waals surface area contributed by atoms with Gasteiger partial charge in [-0.25, -0.2) is 0 Å². The highest BCUT2D eigenvalue weighted by Gasteiger charge is 2.11. The summed E-state index contributed by atoms with van der Waals surface area (Å²) in [5, 5.41) is 2.75. The highest BCUT2D eigenvalue weighted by Crippen LogP contribution is 2.11. The molecular formula is C17H18N2O2. The maximum absolute atomic E-state index is 12.0. The van der Waals surface area contributed by atoms with Gasteiger partial charge in [0.2, 0.25) is 5.91 Å². The van der Waals surface area contributed by atoms with E-state index in [2.05, 4.69) is 5.32 Å². The van der Waals surface area contributed by atoms with E-state index in [4.69, 9.17) is 0 Å². The zero-order chi connectivity index (χ0) is 15.1. The average molecular weight is 282 g/mol. The standard InChI is InChI=1S/C17H18N2O2/c1-19(15-10-6-3-7-11-15)16(20)12-13-18-17(21)14-8-4-2-5-9-14/h2-11H,12-13H2,1H3,(H,18,21). The van der Waals surface area contributed by atoms with Gasteiger partial charge < -0.3 is 10.2 Å². The van der Waals surface area contributed by atoms with Gasteiger partial charge in [0.1, 0.15) is 0 Å². The Morgan fingerprint density at radius 2 is 1.52 bits per heavy atom. The fourth-order valence-electron chi connectivity index (χ4n) is 1.94. The lowest BCUT2D eigenvalue weighted by Gasteiger charge is -2.17. The van der Waals surface area contributed by atoms with Gasteiger partial charge >= 0.3 is 0 Å². The van der Waals surface area contributed by atoms with Gasteiger partial charge in [0.15, 0.2) is 0 Å². The molecule has 0 aromatic heterocycles. The zero-order valence-electron chi connectivity index (χ0n) is 12.0. The molecule has 4 nitrogen and oxygen atoms in total. The van der Waals surface area contributed by atoms with Crippen molar-refractivity contribution in [2.75, 3.05) is 18.5 Å². The summed E-state index contributed by atoms with van der Waals surface area (Å²) in [6.07, 6.45) is 0.268. The van der Waals surface area contributed by atoms with Crippen LogP contribution in [0.2, 0.25) is 0 Å². The molecule has 108 valence electrons. The highest BCUT2D eigenvalue weighted by molar-refractivity contribution is 5.95. The summed E-state index contributed by atoms with van der Waals surface area (Å²) in [5.74, 6) is -0.194. The Morgan fingerprint density at radius 1 is 0.952 bits per heavy atom. The molecule has 0 aliphatic rings. The van der Waals surface area contributed by atoms with E-state index in [1.807, 2.05) is 48.5 Å². The first-order valence-corrected chi connectivity index (χ1v) is 6.83. The van der Waals surface area contributed by atoms with Gasteiger partial charge in [-0.05, 0) is 24.3 Å². The van der Waals surface area contributed by atoms with E-state index >= 15 is 0 Å². The topological polar surface area (TPSA) is 49.4 Å². The lowest BCUT2D eigenvalue weighted by molar-refractivity contribution is -0.118. The van der Waals surface area contributed by atoms with Crippen molar-refractivity contribution in [3.63, 3.8) is 0 Å². The van der Waals surface area contributed by atoms with Crippen molar-refractivity contribution in [1.82, 2.24) is 5.32 Å². The van der Waals surface area contributed by atoms with E-state index in [-0.39, 0.29) is 18.2 Å². The largest absolute Gasteiger partial charge is 0.352 e. The number of carbonyl (C=O) groups is 2. The van der Waals surface area contributed by atoms with E-state index in [0.29, 0.717) is 12.1 Å². The number of anilines is 1. The third kappa shape index (κ3) is 4.18. The van der Waals surface area contributed by atoms with Crippen molar-refractivity contribution in [2.45, 2.75) is 6.42 Å². The number of para-hydroxylation sites is 1. The van der Waals surface area contributed by atoms with Crippen LogP contribution < -0.4 is 10.2 Å². The molecule has 0 atom stereocenters. The first-order valence-electron chi connectivity index (χ1n) is 6.83. The molecule has 0 heterocycles. The molecule has 2 aromatic carbocycles. The van der Waals surface area contributed by atoms with Gasteiger partial charge in [-0.15, -0.1) is 0 Å². The normalized spacial score (nSPS) is 9.95. The minimum Gasteiger partial charge on any atom is -0.352 e. The van der Waals surface area contributed by atoms with Crippen LogP contribution in [0.1, 0.15) is 16.8 Å². The molecule has 0 aliphatic carbocycles. The molecular weight excluding hydrogens is 264 g/mol. The summed E-state index contributed by atoms with van der Waals surface area (Å²) in [7, 11) is 1.73. The summed E-state index contributed by atoms with van der Waals surface area (Å²) >= 11 is 0. The summed E-state index contributed by atoms with van der Waals surface area (Å²) in [4.78, 5) is 25.5. The summed E-state index contributed by atoms with van der Waals surface area (Å²) in [6, 6.07) is 18.4. The van der Waals surface area contributed by atoms with Gasteiger partial charge in [0, 0.05) is 31.3 Å². The number of nitrogens with one attached hydrogen (secondary N) is 1. The van der Waals surface area contributed by atoms with Gasteiger partial charge in [-0.1, -0.05) is 36.4 Å². The maximum Gasteiger partial charge on any atom is 0.251 e. The summed E-state index contributed by atoms with van der Waals surface area (Å²) in [6.45, 7) is 0.323. The number of carbonyl (C=O) groups excluding carboxylic acids is 2. The van der Waals surface area contributed by atoms with E-state index in [9.17, 15) is 9.59 Å². The minimum atomic E-state index is -0.161. The monoisotopic (exact) mass is 282 g/mol. The Morgan fingerprint density at radius 3 is 2.14 bits per heavy atom. The lowest BCUT2D eigenvalue weighted by atomic mass is 10.2. The van der Waals surface area contributed by atoms with Gasteiger partial charge in [0.05, 0.1) is 0 Å². The Balaban J connectivity index is 1.81. The quantitative estimate of drug-likeness (QED) is 0.916. The second-order valence-corrected chi connectivity index (χ2v) is 4.66. The molecule has 21 heavy (non-hydrogen) atoms. The van der Waals surface area contributed by atoms with E-state index in [1.54, 1.807) is 24.1 Å². The number of hydrogen-bond donors (Lipinski definition) is 1. The van der Waals surface area contributed by atoms with Crippen LogP contribution in [0.4, 0.5) is 5.69 Å². The Labute approximate surface area is 124 Å². The lowest BCUT2D eigenvalue weighted by Crippen LogP contribution is -2.32. The SMILES string of the molecule is CN(C(=O)CCNC(=O)c1ccccc1)c1ccccc1. The van der Waals surface area contributed by atoms with Crippen LogP contribution in [0.25, 0.3) is 0 Å². The average Bonchev–Trinajstić information content (AvgIpc) is 2.55. The van der Waals surface area contributed by atoms with Gasteiger partial charge in [-0.3, -0.25) is 9.59 Å². The van der Waals surface area contributed by atoms with Crippen molar-refractivity contribution in [2.24, 2.45) is 0 Å². The molecule has 0 saturated heterocycles. The van der Waals surface area contributed by atoms with E-state index in [1.165, 1.54) is 0 Å². The summed E-state index contributed by atoms with van der Waals surface area (Å²) < 4.78 is 0. The predicted octanol–water partition coefficient (Wildman–Crippen LogP) is 2.47. The molecule has 0 saturated carbocycles. The number of amides is 2. The number of benzene rings is 2. The smallest absolute Gasteiger partial charge is 0.251 e. The summed E-state index contributed by atoms with van der Waals surface area (Å²) in [5.41, 5.74) is 1.44. The molecule has 1 N–H and O–H groups in total. The van der Waals surface area contributed by atoms with Crippen LogP contribution in [0.15, 0.2) is 60.7 Å². The Hall–Kier alpha value is -2.62. The van der Waals surface area contributed by atoms with Gasteiger partial charge in [-0.2, -0.15) is 0 Å². The molecule has 0 bridgehead atoms. The molecule has 4 heteroatoms. The molecule has 0 radical (unpaired) electrons. The van der Waals surface area contributed by atoms with Gasteiger partial charge in [0.25, 0.3) is 5.91 Å². The number of nitrogens with zero attached hydrogens (tertiary/aromatic N) is 1. The maximum atomic E-state index is 12.0. The van der Waals surface area contributed by atoms with Crippen LogP contribution in [-0.4, -0.2) is 25.4 Å². The zero-order valence-corrected chi connectivity index (χ0v) is 12.0. The van der Waals surface area contributed by atoms with Crippen molar-refractivity contribution in [3.8, 4) is 0 Å². The Bertz CT molecular complexity index is 597. The molecule has 0 fully saturated rings. The van der Waals surface area contributed by atoms with Crippen LogP contribution in [0, 0.1) is 0 Å².